The van der Waals surface area contributed by atoms with Gasteiger partial charge in [0.15, 0.2) is 5.78 Å². The van der Waals surface area contributed by atoms with E-state index in [2.05, 4.69) is 17.0 Å². The minimum Gasteiger partial charge on any atom is -0.378 e. The largest absolute Gasteiger partial charge is 0.417 e. The Morgan fingerprint density at radius 1 is 0.964 bits per heavy atom. The Labute approximate surface area is 162 Å². The number of nitrogens with zero attached hydrogens (tertiary/aromatic N) is 1. The lowest BCUT2D eigenvalue weighted by Gasteiger charge is -2.48. The number of ether oxygens (including phenoxy) is 1. The Kier molecular flexibility index (Phi) is 5.25. The number of ketones is 1. The summed E-state index contributed by atoms with van der Waals surface area (Å²) in [6.45, 7) is 1.78. The van der Waals surface area contributed by atoms with Crippen LogP contribution in [0.1, 0.15) is 34.3 Å². The smallest absolute Gasteiger partial charge is 0.378 e. The zero-order valence-corrected chi connectivity index (χ0v) is 15.4. The summed E-state index contributed by atoms with van der Waals surface area (Å²) in [6, 6.07) is 15.3. The number of carbonyl (C=O) groups is 1. The number of alkyl halides is 3. The molecule has 28 heavy (non-hydrogen) atoms. The van der Waals surface area contributed by atoms with Crippen LogP contribution in [0.3, 0.4) is 0 Å². The topological polar surface area (TPSA) is 29.5 Å². The molecule has 2 aromatic rings. The molecule has 3 nitrogen and oxygen atoms in total. The van der Waals surface area contributed by atoms with E-state index in [0.717, 1.165) is 12.6 Å². The summed E-state index contributed by atoms with van der Waals surface area (Å²) >= 11 is 0. The van der Waals surface area contributed by atoms with Crippen LogP contribution in [0.25, 0.3) is 0 Å². The number of hydrogen-bond acceptors (Lipinski definition) is 3. The van der Waals surface area contributed by atoms with Crippen molar-refractivity contribution in [2.24, 2.45) is 5.92 Å². The Balaban J connectivity index is 1.54. The first-order valence-corrected chi connectivity index (χ1v) is 9.51. The maximum absolute atomic E-state index is 13.3. The first-order chi connectivity index (χ1) is 13.4. The highest BCUT2D eigenvalue weighted by Crippen LogP contribution is 2.38. The molecule has 2 saturated heterocycles. The van der Waals surface area contributed by atoms with Gasteiger partial charge in [-0.3, -0.25) is 9.69 Å². The van der Waals surface area contributed by atoms with E-state index < -0.39 is 23.4 Å². The summed E-state index contributed by atoms with van der Waals surface area (Å²) in [5, 5.41) is 0. The number of hydrogen-bond donors (Lipinski definition) is 0. The molecule has 2 bridgehead atoms. The summed E-state index contributed by atoms with van der Waals surface area (Å²) in [6.07, 6.45) is -3.48. The molecule has 6 heteroatoms. The third-order valence-electron chi connectivity index (χ3n) is 5.75. The Morgan fingerprint density at radius 3 is 2.21 bits per heavy atom. The van der Waals surface area contributed by atoms with Crippen LogP contribution in [0.2, 0.25) is 0 Å². The predicted molar refractivity (Wildman–Crippen MR) is 98.9 cm³/mol. The van der Waals surface area contributed by atoms with Gasteiger partial charge in [0.1, 0.15) is 0 Å². The van der Waals surface area contributed by atoms with Crippen LogP contribution < -0.4 is 0 Å². The number of fused-ring (bicyclic) bond motifs is 2. The molecule has 0 aliphatic carbocycles. The van der Waals surface area contributed by atoms with E-state index in [-0.39, 0.29) is 17.6 Å². The molecule has 2 unspecified atom stereocenters. The van der Waals surface area contributed by atoms with Crippen LogP contribution in [0.5, 0.6) is 0 Å². The normalized spacial score (nSPS) is 25.5. The van der Waals surface area contributed by atoms with Crippen LogP contribution in [0, 0.1) is 5.92 Å². The second kappa shape index (κ2) is 7.68. The van der Waals surface area contributed by atoms with Crippen LogP contribution in [0.15, 0.2) is 54.6 Å². The van der Waals surface area contributed by atoms with E-state index in [9.17, 15) is 18.0 Å². The monoisotopic (exact) mass is 389 g/mol. The van der Waals surface area contributed by atoms with Crippen molar-refractivity contribution in [1.82, 2.24) is 4.90 Å². The van der Waals surface area contributed by atoms with Gasteiger partial charge in [0.25, 0.3) is 0 Å². The second-order valence-electron chi connectivity index (χ2n) is 7.58. The molecule has 2 aromatic carbocycles. The van der Waals surface area contributed by atoms with Gasteiger partial charge in [-0.2, -0.15) is 13.2 Å². The van der Waals surface area contributed by atoms with Crippen LogP contribution >= 0.6 is 0 Å². The van der Waals surface area contributed by atoms with Crippen LogP contribution in [0.4, 0.5) is 13.2 Å². The summed E-state index contributed by atoms with van der Waals surface area (Å²) in [4.78, 5) is 15.3. The fourth-order valence-electron chi connectivity index (χ4n) is 4.42. The molecule has 2 aliphatic rings. The highest BCUT2D eigenvalue weighted by Gasteiger charge is 2.43. The van der Waals surface area contributed by atoms with E-state index in [1.54, 1.807) is 0 Å². The van der Waals surface area contributed by atoms with Crippen molar-refractivity contribution in [3.05, 3.63) is 71.3 Å². The third-order valence-corrected chi connectivity index (χ3v) is 5.75. The summed E-state index contributed by atoms with van der Waals surface area (Å²) in [5.74, 6) is -0.807. The van der Waals surface area contributed by atoms with Crippen LogP contribution in [-0.4, -0.2) is 36.0 Å². The van der Waals surface area contributed by atoms with Gasteiger partial charge in [0.05, 0.1) is 18.8 Å². The van der Waals surface area contributed by atoms with Crippen molar-refractivity contribution in [3.8, 4) is 0 Å². The lowest BCUT2D eigenvalue weighted by molar-refractivity contribution is -0.138. The molecule has 0 aromatic heterocycles. The number of benzene rings is 2. The Morgan fingerprint density at radius 2 is 1.57 bits per heavy atom. The number of carbonyl (C=O) groups excluding carboxylic acids is 1. The molecule has 0 amide bonds. The van der Waals surface area contributed by atoms with E-state index in [0.29, 0.717) is 26.1 Å². The fraction of sp³-hybridized carbons (Fsp3) is 0.409. The van der Waals surface area contributed by atoms with Gasteiger partial charge in [-0.05, 0) is 24.5 Å². The van der Waals surface area contributed by atoms with Crippen molar-refractivity contribution in [2.45, 2.75) is 37.6 Å². The van der Waals surface area contributed by atoms with Crippen molar-refractivity contribution in [1.29, 1.82) is 0 Å². The molecular weight excluding hydrogens is 367 g/mol. The van der Waals surface area contributed by atoms with Gasteiger partial charge in [-0.25, -0.2) is 0 Å². The van der Waals surface area contributed by atoms with Crippen LogP contribution in [-0.2, 0) is 17.5 Å². The summed E-state index contributed by atoms with van der Waals surface area (Å²) in [7, 11) is 0. The third kappa shape index (κ3) is 3.84. The van der Waals surface area contributed by atoms with E-state index in [4.69, 9.17) is 4.74 Å². The average molecular weight is 389 g/mol. The highest BCUT2D eigenvalue weighted by atomic mass is 19.4. The molecule has 4 rings (SSSR count). The van der Waals surface area contributed by atoms with Gasteiger partial charge >= 0.3 is 6.18 Å². The van der Waals surface area contributed by atoms with Crippen molar-refractivity contribution >= 4 is 5.78 Å². The number of piperidine rings is 1. The fourth-order valence-corrected chi connectivity index (χ4v) is 4.42. The molecule has 2 aliphatic heterocycles. The Hall–Kier alpha value is -2.18. The average Bonchev–Trinajstić information content (AvgIpc) is 2.67. The van der Waals surface area contributed by atoms with Crippen molar-refractivity contribution in [2.75, 3.05) is 13.2 Å². The molecule has 0 saturated carbocycles. The van der Waals surface area contributed by atoms with E-state index in [1.807, 2.05) is 18.2 Å². The van der Waals surface area contributed by atoms with Gasteiger partial charge in [-0.1, -0.05) is 48.5 Å². The SMILES string of the molecule is O=C(c1ccccc1C(F)(F)F)C1CC2COCC(C1)N2Cc1ccccc1. The van der Waals surface area contributed by atoms with E-state index >= 15 is 0 Å². The first kappa shape index (κ1) is 19.2. The molecule has 148 valence electrons. The number of morpholine rings is 1. The second-order valence-corrected chi connectivity index (χ2v) is 7.58. The lowest BCUT2D eigenvalue weighted by atomic mass is 9.79. The van der Waals surface area contributed by atoms with Gasteiger partial charge in [0, 0.05) is 30.1 Å². The lowest BCUT2D eigenvalue weighted by Crippen LogP contribution is -2.57. The van der Waals surface area contributed by atoms with Crippen molar-refractivity contribution < 1.29 is 22.7 Å². The number of rotatable bonds is 4. The predicted octanol–water partition coefficient (Wildman–Crippen LogP) is 4.57. The molecule has 2 fully saturated rings. The Bertz CT molecular complexity index is 823. The first-order valence-electron chi connectivity index (χ1n) is 9.51. The quantitative estimate of drug-likeness (QED) is 0.718. The molecule has 2 atom stereocenters. The molecule has 0 N–H and O–H groups in total. The molecule has 0 radical (unpaired) electrons. The van der Waals surface area contributed by atoms with Crippen molar-refractivity contribution in [3.63, 3.8) is 0 Å². The standard InChI is InChI=1S/C22H22F3NO2/c23-22(24,25)20-9-5-4-8-19(20)21(27)16-10-17-13-28-14-18(11-16)26(17)12-15-6-2-1-3-7-15/h1-9,16-18H,10-14H2. The maximum Gasteiger partial charge on any atom is 0.417 e. The number of Topliss-reactive ketones (excluding diaryl/α,β-unsaturated/α-hetero) is 1. The van der Waals surface area contributed by atoms with Gasteiger partial charge in [0.2, 0.25) is 0 Å². The zero-order chi connectivity index (χ0) is 19.7. The summed E-state index contributed by atoms with van der Waals surface area (Å²) in [5.41, 5.74) is 0.134. The minimum atomic E-state index is -4.53. The van der Waals surface area contributed by atoms with Gasteiger partial charge in [-0.15, -0.1) is 0 Å². The molecule has 0 spiro atoms. The molecule has 2 heterocycles. The minimum absolute atomic E-state index is 0.0414. The number of halogens is 3. The van der Waals surface area contributed by atoms with Gasteiger partial charge < -0.3 is 4.74 Å². The molecular formula is C22H22F3NO2. The summed E-state index contributed by atoms with van der Waals surface area (Å²) < 4.78 is 45.7. The maximum atomic E-state index is 13.3. The highest BCUT2D eigenvalue weighted by molar-refractivity contribution is 5.99. The van der Waals surface area contributed by atoms with E-state index in [1.165, 1.54) is 23.8 Å². The zero-order valence-electron chi connectivity index (χ0n) is 15.4.